The second-order valence-corrected chi connectivity index (χ2v) is 6.30. The van der Waals surface area contributed by atoms with Gasteiger partial charge in [-0.25, -0.2) is 0 Å². The van der Waals surface area contributed by atoms with E-state index in [4.69, 9.17) is 4.42 Å². The summed E-state index contributed by atoms with van der Waals surface area (Å²) in [6.45, 7) is 3.74. The molecule has 0 aliphatic heterocycles. The molecule has 0 fully saturated rings. The van der Waals surface area contributed by atoms with Crippen molar-refractivity contribution in [2.75, 3.05) is 12.3 Å². The van der Waals surface area contributed by atoms with Crippen molar-refractivity contribution in [1.29, 1.82) is 0 Å². The second-order valence-electron chi connectivity index (χ2n) is 2.82. The van der Waals surface area contributed by atoms with Gasteiger partial charge in [0.25, 0.3) is 0 Å². The van der Waals surface area contributed by atoms with Gasteiger partial charge in [0, 0.05) is 12.3 Å². The maximum Gasteiger partial charge on any atom is 0.185 e. The fourth-order valence-electron chi connectivity index (χ4n) is 1.16. The molecule has 1 heterocycles. The molecule has 0 aliphatic rings. The first kappa shape index (κ1) is 10.3. The number of hydrogen-bond acceptors (Lipinski definition) is 3. The fraction of sp³-hybridized carbons (Fsp3) is 0.444. The Hall–Kier alpha value is -0.820. The van der Waals surface area contributed by atoms with E-state index >= 15 is 0 Å². The van der Waals surface area contributed by atoms with Gasteiger partial charge in [0.05, 0.1) is 0 Å². The highest BCUT2D eigenvalue weighted by Gasteiger charge is 2.23. The van der Waals surface area contributed by atoms with Crippen LogP contribution in [0.25, 0.3) is 0 Å². The molecule has 0 radical (unpaired) electrons. The van der Waals surface area contributed by atoms with E-state index in [9.17, 15) is 9.36 Å². The fourth-order valence-corrected chi connectivity index (χ4v) is 2.85. The summed E-state index contributed by atoms with van der Waals surface area (Å²) in [5.41, 5.74) is 0.472. The monoisotopic (exact) mass is 200 g/mol. The van der Waals surface area contributed by atoms with E-state index in [-0.39, 0.29) is 5.76 Å². The Morgan fingerprint density at radius 3 is 2.38 bits per heavy atom. The van der Waals surface area contributed by atoms with Crippen molar-refractivity contribution in [3.8, 4) is 0 Å². The molecule has 0 spiro atoms. The number of carbonyl (C=O) groups is 1. The number of rotatable bonds is 4. The van der Waals surface area contributed by atoms with Crippen LogP contribution in [-0.4, -0.2) is 18.6 Å². The first-order chi connectivity index (χ1) is 6.16. The molecule has 3 nitrogen and oxygen atoms in total. The predicted octanol–water partition coefficient (Wildman–Crippen LogP) is 2.12. The van der Waals surface area contributed by atoms with E-state index in [1.165, 1.54) is 0 Å². The lowest BCUT2D eigenvalue weighted by molar-refractivity contribution is 0.110. The molecule has 0 aromatic carbocycles. The minimum atomic E-state index is -2.35. The van der Waals surface area contributed by atoms with Gasteiger partial charge in [-0.3, -0.25) is 4.79 Å². The topological polar surface area (TPSA) is 47.3 Å². The quantitative estimate of drug-likeness (QED) is 0.552. The lowest BCUT2D eigenvalue weighted by Gasteiger charge is -2.09. The molecule has 4 heteroatoms. The average molecular weight is 200 g/mol. The average Bonchev–Trinajstić information content (AvgIpc) is 2.65. The Bertz CT molecular complexity index is 332. The van der Waals surface area contributed by atoms with E-state index in [0.29, 0.717) is 24.1 Å². The first-order valence-corrected chi connectivity index (χ1v) is 6.37. The zero-order chi connectivity index (χ0) is 9.90. The Morgan fingerprint density at radius 1 is 1.38 bits per heavy atom. The van der Waals surface area contributed by atoms with Crippen molar-refractivity contribution in [3.63, 3.8) is 0 Å². The highest BCUT2D eigenvalue weighted by Crippen LogP contribution is 2.43. The Morgan fingerprint density at radius 2 is 2.00 bits per heavy atom. The number of furan rings is 1. The molecule has 0 aliphatic carbocycles. The molecule has 0 bridgehead atoms. The second kappa shape index (κ2) is 3.93. The van der Waals surface area contributed by atoms with Crippen molar-refractivity contribution in [2.45, 2.75) is 13.8 Å². The van der Waals surface area contributed by atoms with Crippen molar-refractivity contribution < 1.29 is 13.8 Å². The minimum Gasteiger partial charge on any atom is -0.450 e. The summed E-state index contributed by atoms with van der Waals surface area (Å²) < 4.78 is 17.2. The van der Waals surface area contributed by atoms with E-state index < -0.39 is 7.14 Å². The Balaban J connectivity index is 3.05. The van der Waals surface area contributed by atoms with Crippen molar-refractivity contribution in [3.05, 3.63) is 17.9 Å². The Kier molecular flexibility index (Phi) is 3.10. The number of carbonyl (C=O) groups excluding carboxylic acids is 1. The third-order valence-electron chi connectivity index (χ3n) is 2.15. The van der Waals surface area contributed by atoms with Crippen LogP contribution in [0.3, 0.4) is 0 Å². The lowest BCUT2D eigenvalue weighted by Crippen LogP contribution is -2.05. The highest BCUT2D eigenvalue weighted by atomic mass is 31.2. The van der Waals surface area contributed by atoms with Gasteiger partial charge >= 0.3 is 0 Å². The zero-order valence-corrected chi connectivity index (χ0v) is 8.71. The van der Waals surface area contributed by atoms with Gasteiger partial charge in [0.1, 0.15) is 7.14 Å². The molecule has 1 aromatic heterocycles. The van der Waals surface area contributed by atoms with Crippen LogP contribution in [0.1, 0.15) is 24.4 Å². The van der Waals surface area contributed by atoms with Crippen LogP contribution in [0.15, 0.2) is 16.5 Å². The first-order valence-electron chi connectivity index (χ1n) is 4.30. The van der Waals surface area contributed by atoms with Crippen LogP contribution in [0.2, 0.25) is 0 Å². The summed E-state index contributed by atoms with van der Waals surface area (Å²) in [6, 6.07) is 3.19. The van der Waals surface area contributed by atoms with E-state index in [0.717, 1.165) is 0 Å². The van der Waals surface area contributed by atoms with Crippen molar-refractivity contribution >= 4 is 18.9 Å². The highest BCUT2D eigenvalue weighted by molar-refractivity contribution is 7.71. The standard InChI is InChI=1S/C9H13O3P/c1-3-13(11,4-2)9-6-5-8(7-10)12-9/h5-7H,3-4H2,1-2H3. The largest absolute Gasteiger partial charge is 0.450 e. The molecule has 72 valence electrons. The van der Waals surface area contributed by atoms with Gasteiger partial charge in [0.15, 0.2) is 17.5 Å². The van der Waals surface area contributed by atoms with Crippen molar-refractivity contribution in [2.24, 2.45) is 0 Å². The lowest BCUT2D eigenvalue weighted by atomic mass is 10.5. The third-order valence-corrected chi connectivity index (χ3v) is 5.24. The normalized spacial score (nSPS) is 11.5. The number of aldehydes is 1. The van der Waals surface area contributed by atoms with Crippen molar-refractivity contribution in [1.82, 2.24) is 0 Å². The maximum absolute atomic E-state index is 12.1. The summed E-state index contributed by atoms with van der Waals surface area (Å²) in [7, 11) is -2.35. The van der Waals surface area contributed by atoms with Gasteiger partial charge in [-0.05, 0) is 12.1 Å². The van der Waals surface area contributed by atoms with Gasteiger partial charge in [-0.2, -0.15) is 0 Å². The zero-order valence-electron chi connectivity index (χ0n) is 7.82. The predicted molar refractivity (Wildman–Crippen MR) is 52.4 cm³/mol. The molecule has 0 saturated heterocycles. The summed E-state index contributed by atoms with van der Waals surface area (Å²) in [5, 5.41) is 0. The molecule has 1 rings (SSSR count). The SMILES string of the molecule is CCP(=O)(CC)c1ccc(C=O)o1. The van der Waals surface area contributed by atoms with Gasteiger partial charge < -0.3 is 8.98 Å². The number of hydrogen-bond donors (Lipinski definition) is 0. The molecular weight excluding hydrogens is 187 g/mol. The van der Waals surface area contributed by atoms with Crippen LogP contribution in [0.4, 0.5) is 0 Å². The minimum absolute atomic E-state index is 0.247. The van der Waals surface area contributed by atoms with Gasteiger partial charge in [-0.1, -0.05) is 13.8 Å². The van der Waals surface area contributed by atoms with E-state index in [1.807, 2.05) is 13.8 Å². The van der Waals surface area contributed by atoms with Gasteiger partial charge in [0.2, 0.25) is 0 Å². The smallest absolute Gasteiger partial charge is 0.185 e. The van der Waals surface area contributed by atoms with Crippen LogP contribution >= 0.6 is 7.14 Å². The molecular formula is C9H13O3P. The molecule has 0 unspecified atom stereocenters. The molecule has 1 aromatic rings. The van der Waals surface area contributed by atoms with Crippen LogP contribution in [0, 0.1) is 0 Å². The van der Waals surface area contributed by atoms with Crippen LogP contribution < -0.4 is 5.50 Å². The molecule has 0 N–H and O–H groups in total. The molecule has 0 saturated carbocycles. The molecule has 0 atom stereocenters. The van der Waals surface area contributed by atoms with E-state index in [2.05, 4.69) is 0 Å². The van der Waals surface area contributed by atoms with Gasteiger partial charge in [-0.15, -0.1) is 0 Å². The third kappa shape index (κ3) is 1.92. The summed E-state index contributed by atoms with van der Waals surface area (Å²) in [6.07, 6.45) is 1.78. The molecule has 0 amide bonds. The molecule has 13 heavy (non-hydrogen) atoms. The van der Waals surface area contributed by atoms with Crippen LogP contribution in [-0.2, 0) is 4.57 Å². The summed E-state index contributed by atoms with van der Waals surface area (Å²) in [4.78, 5) is 10.3. The van der Waals surface area contributed by atoms with E-state index in [1.54, 1.807) is 12.1 Å². The Labute approximate surface area is 77.5 Å². The maximum atomic E-state index is 12.1. The summed E-state index contributed by atoms with van der Waals surface area (Å²) >= 11 is 0. The van der Waals surface area contributed by atoms with Crippen LogP contribution in [0.5, 0.6) is 0 Å². The summed E-state index contributed by atoms with van der Waals surface area (Å²) in [5.74, 6) is 0.247.